The summed E-state index contributed by atoms with van der Waals surface area (Å²) in [6.45, 7) is 12.1. The molecule has 9 nitrogen and oxygen atoms in total. The number of tetrazole rings is 1. The molecule has 1 aromatic carbocycles. The van der Waals surface area contributed by atoms with Crippen LogP contribution in [0.2, 0.25) is 0 Å². The molecule has 4 aromatic rings. The van der Waals surface area contributed by atoms with Gasteiger partial charge in [-0.15, -0.1) is 5.10 Å². The van der Waals surface area contributed by atoms with Crippen molar-refractivity contribution < 1.29 is 9.15 Å². The summed E-state index contributed by atoms with van der Waals surface area (Å²) < 4.78 is 13.6. The lowest BCUT2D eigenvalue weighted by atomic mass is 9.99. The highest BCUT2D eigenvalue weighted by Gasteiger charge is 2.35. The van der Waals surface area contributed by atoms with E-state index in [4.69, 9.17) is 9.15 Å². The highest BCUT2D eigenvalue weighted by Crippen LogP contribution is 2.32. The fourth-order valence-corrected chi connectivity index (χ4v) is 4.95. The molecule has 5 rings (SSSR count). The monoisotopic (exact) mass is 490 g/mol. The van der Waals surface area contributed by atoms with Gasteiger partial charge in [0.25, 0.3) is 5.56 Å². The van der Waals surface area contributed by atoms with Gasteiger partial charge in [0.15, 0.2) is 5.82 Å². The summed E-state index contributed by atoms with van der Waals surface area (Å²) in [6.07, 6.45) is 3.73. The summed E-state index contributed by atoms with van der Waals surface area (Å²) in [7, 11) is 0. The minimum atomic E-state index is -0.511. The first-order valence-electron chi connectivity index (χ1n) is 12.5. The van der Waals surface area contributed by atoms with Crippen molar-refractivity contribution in [1.82, 2.24) is 30.1 Å². The lowest BCUT2D eigenvalue weighted by Crippen LogP contribution is -2.40. The SMILES string of the molecule is Cc1cc2cc([C@H](c3nnnn3C(C)(C)C)N(Cc3ccco3)C[C@H]3CCCO3)c(=O)[nH]c2cc1C. The Balaban J connectivity index is 1.70. The Morgan fingerprint density at radius 2 is 2.03 bits per heavy atom. The molecule has 1 N–H and O–H groups in total. The zero-order valence-electron chi connectivity index (χ0n) is 21.6. The second kappa shape index (κ2) is 9.63. The maximum absolute atomic E-state index is 13.7. The van der Waals surface area contributed by atoms with Gasteiger partial charge in [0.05, 0.1) is 24.5 Å². The number of nitrogens with one attached hydrogen (secondary N) is 1. The zero-order valence-corrected chi connectivity index (χ0v) is 21.6. The minimum absolute atomic E-state index is 0.0610. The first-order chi connectivity index (χ1) is 17.2. The molecule has 190 valence electrons. The van der Waals surface area contributed by atoms with Gasteiger partial charge in [-0.2, -0.15) is 0 Å². The number of furan rings is 1. The molecule has 2 atom stereocenters. The molecule has 4 heterocycles. The standard InChI is InChI=1S/C27H34N6O3/c1-17-12-19-14-22(26(34)28-23(19)13-18(17)2)24(25-29-30-31-33(25)27(3,4)5)32(15-20-8-6-10-35-20)16-21-9-7-11-36-21/h6,8,10,12-14,21,24H,7,9,11,15-16H2,1-5H3,(H,28,34)/t21-,24-/m1/s1. The fraction of sp³-hybridized carbons (Fsp3) is 0.481. The van der Waals surface area contributed by atoms with Crippen LogP contribution in [-0.4, -0.2) is 49.3 Å². The van der Waals surface area contributed by atoms with Crippen molar-refractivity contribution in [2.45, 2.75) is 71.7 Å². The Hall–Kier alpha value is -3.30. The van der Waals surface area contributed by atoms with Crippen LogP contribution in [0.25, 0.3) is 10.9 Å². The lowest BCUT2D eigenvalue weighted by Gasteiger charge is -2.33. The molecule has 0 unspecified atom stereocenters. The first-order valence-corrected chi connectivity index (χ1v) is 12.5. The maximum atomic E-state index is 13.7. The van der Waals surface area contributed by atoms with Gasteiger partial charge in [0.1, 0.15) is 11.8 Å². The first kappa shape index (κ1) is 24.4. The number of nitrogens with zero attached hydrogens (tertiary/aromatic N) is 5. The second-order valence-corrected chi connectivity index (χ2v) is 10.7. The van der Waals surface area contributed by atoms with Gasteiger partial charge in [-0.25, -0.2) is 4.68 Å². The van der Waals surface area contributed by atoms with Crippen molar-refractivity contribution in [1.29, 1.82) is 0 Å². The molecule has 0 spiro atoms. The Morgan fingerprint density at radius 1 is 1.22 bits per heavy atom. The summed E-state index contributed by atoms with van der Waals surface area (Å²) >= 11 is 0. The molecule has 0 amide bonds. The largest absolute Gasteiger partial charge is 0.468 e. The van der Waals surface area contributed by atoms with Gasteiger partial charge in [0.2, 0.25) is 0 Å². The highest BCUT2D eigenvalue weighted by molar-refractivity contribution is 5.81. The molecular weight excluding hydrogens is 456 g/mol. The van der Waals surface area contributed by atoms with Crippen LogP contribution in [0.5, 0.6) is 0 Å². The predicted octanol–water partition coefficient (Wildman–Crippen LogP) is 4.25. The Kier molecular flexibility index (Phi) is 6.53. The lowest BCUT2D eigenvalue weighted by molar-refractivity contribution is 0.0536. The van der Waals surface area contributed by atoms with E-state index in [1.54, 1.807) is 6.26 Å². The molecule has 1 fully saturated rings. The van der Waals surface area contributed by atoms with Crippen molar-refractivity contribution in [2.24, 2.45) is 0 Å². The smallest absolute Gasteiger partial charge is 0.253 e. The van der Waals surface area contributed by atoms with E-state index in [0.717, 1.165) is 41.7 Å². The molecule has 9 heteroatoms. The molecule has 1 saturated heterocycles. The van der Waals surface area contributed by atoms with E-state index in [0.29, 0.717) is 24.5 Å². The normalized spacial score (nSPS) is 17.3. The van der Waals surface area contributed by atoms with Crippen molar-refractivity contribution in [3.05, 3.63) is 75.2 Å². The molecule has 0 aliphatic carbocycles. The van der Waals surface area contributed by atoms with E-state index >= 15 is 0 Å². The van der Waals surface area contributed by atoms with E-state index in [2.05, 4.69) is 59.2 Å². The van der Waals surface area contributed by atoms with Crippen molar-refractivity contribution in [3.8, 4) is 0 Å². The number of hydrogen-bond acceptors (Lipinski definition) is 7. The third-order valence-electron chi connectivity index (χ3n) is 6.92. The van der Waals surface area contributed by atoms with Gasteiger partial charge in [0, 0.05) is 24.2 Å². The highest BCUT2D eigenvalue weighted by atomic mass is 16.5. The maximum Gasteiger partial charge on any atom is 0.253 e. The molecule has 1 aliphatic rings. The number of aryl methyl sites for hydroxylation is 2. The van der Waals surface area contributed by atoms with Gasteiger partial charge in [-0.3, -0.25) is 9.69 Å². The average Bonchev–Trinajstić information content (AvgIpc) is 3.58. The molecule has 0 bridgehead atoms. The molecule has 0 saturated carbocycles. The third-order valence-corrected chi connectivity index (χ3v) is 6.92. The van der Waals surface area contributed by atoms with Crippen molar-refractivity contribution in [3.63, 3.8) is 0 Å². The minimum Gasteiger partial charge on any atom is -0.468 e. The number of benzene rings is 1. The number of rotatable bonds is 7. The van der Waals surface area contributed by atoms with E-state index < -0.39 is 6.04 Å². The number of fused-ring (bicyclic) bond motifs is 1. The second-order valence-electron chi connectivity index (χ2n) is 10.7. The summed E-state index contributed by atoms with van der Waals surface area (Å²) in [5.41, 5.74) is 3.18. The van der Waals surface area contributed by atoms with Crippen molar-refractivity contribution >= 4 is 10.9 Å². The summed E-state index contributed by atoms with van der Waals surface area (Å²) in [6, 6.07) is 9.44. The van der Waals surface area contributed by atoms with Gasteiger partial charge >= 0.3 is 0 Å². The van der Waals surface area contributed by atoms with E-state index in [1.165, 1.54) is 5.56 Å². The topological polar surface area (TPSA) is 102 Å². The molecule has 3 aromatic heterocycles. The van der Waals surface area contributed by atoms with Crippen LogP contribution in [0, 0.1) is 13.8 Å². The predicted molar refractivity (Wildman–Crippen MR) is 137 cm³/mol. The van der Waals surface area contributed by atoms with Gasteiger partial charge in [-0.05, 0) is 105 Å². The third kappa shape index (κ3) is 4.85. The molecular formula is C27H34N6O3. The summed E-state index contributed by atoms with van der Waals surface area (Å²) in [5.74, 6) is 1.41. The van der Waals surface area contributed by atoms with Crippen LogP contribution in [-0.2, 0) is 16.8 Å². The van der Waals surface area contributed by atoms with Crippen molar-refractivity contribution in [2.75, 3.05) is 13.2 Å². The summed E-state index contributed by atoms with van der Waals surface area (Å²) in [4.78, 5) is 19.0. The van der Waals surface area contributed by atoms with Gasteiger partial charge in [-0.1, -0.05) is 0 Å². The molecule has 0 radical (unpaired) electrons. The van der Waals surface area contributed by atoms with E-state index in [1.807, 2.05) is 35.9 Å². The number of aromatic amines is 1. The van der Waals surface area contributed by atoms with Crippen LogP contribution in [0.4, 0.5) is 0 Å². The van der Waals surface area contributed by atoms with Crippen LogP contribution < -0.4 is 5.56 Å². The van der Waals surface area contributed by atoms with Gasteiger partial charge < -0.3 is 14.1 Å². The number of pyridine rings is 1. The quantitative estimate of drug-likeness (QED) is 0.413. The average molecular weight is 491 g/mol. The Labute approximate surface area is 210 Å². The number of hydrogen-bond donors (Lipinski definition) is 1. The Bertz CT molecular complexity index is 1390. The number of H-pyrrole nitrogens is 1. The van der Waals surface area contributed by atoms with Crippen LogP contribution in [0.1, 0.15) is 67.9 Å². The molecule has 36 heavy (non-hydrogen) atoms. The molecule has 1 aliphatic heterocycles. The van der Waals surface area contributed by atoms with Crippen LogP contribution in [0.3, 0.4) is 0 Å². The number of ether oxygens (including phenoxy) is 1. The number of aromatic nitrogens is 5. The summed E-state index contributed by atoms with van der Waals surface area (Å²) in [5, 5.41) is 13.8. The fourth-order valence-electron chi connectivity index (χ4n) is 4.95. The van der Waals surface area contributed by atoms with Crippen LogP contribution in [0.15, 0.2) is 45.8 Å². The Morgan fingerprint density at radius 3 is 2.72 bits per heavy atom. The van der Waals surface area contributed by atoms with E-state index in [-0.39, 0.29) is 17.2 Å². The van der Waals surface area contributed by atoms with E-state index in [9.17, 15) is 4.79 Å². The van der Waals surface area contributed by atoms with Crippen LogP contribution >= 0.6 is 0 Å². The zero-order chi connectivity index (χ0) is 25.4.